The number of carboxylic acid groups (broad SMARTS) is 2. The number of phenols is 1. The van der Waals surface area contributed by atoms with Crippen molar-refractivity contribution in [1.29, 1.82) is 0 Å². The number of benzene rings is 3. The number of aromatic hydroxyl groups is 1. The number of phenolic OH excluding ortho intramolecular Hbond substituents is 1. The molecular weight excluding hydrogens is 1870 g/mol. The Morgan fingerprint density at radius 1 is 0.563 bits per heavy atom. The number of carbonyl (C=O) groups excluding carboxylic acids is 18. The van der Waals surface area contributed by atoms with Crippen LogP contribution in [-0.4, -0.2) is 344 Å². The van der Waals surface area contributed by atoms with E-state index < -0.39 is 291 Å². The number of nitrogens with two attached hydrogens (primary N) is 2. The minimum absolute atomic E-state index is 0.0846. The Morgan fingerprint density at radius 3 is 1.69 bits per heavy atom. The number of aliphatic hydroxyl groups is 2. The van der Waals surface area contributed by atoms with Crippen LogP contribution in [0.1, 0.15) is 139 Å². The van der Waals surface area contributed by atoms with Crippen molar-refractivity contribution < 1.29 is 121 Å². The maximum absolute atomic E-state index is 15.8. The number of nitrogens with zero attached hydrogens (tertiary/aromatic N) is 6. The number of hydrogen-bond donors (Lipinski definition) is 21. The van der Waals surface area contributed by atoms with Gasteiger partial charge < -0.3 is 135 Å². The Bertz CT molecular complexity index is 5610. The third kappa shape index (κ3) is 30.7. The normalized spacial score (nSPS) is 24.2. The second kappa shape index (κ2) is 52.8. The second-order valence-corrected chi connectivity index (χ2v) is 36.2. The van der Waals surface area contributed by atoms with Gasteiger partial charge in [0.15, 0.2) is 0 Å². The van der Waals surface area contributed by atoms with Crippen LogP contribution >= 0.6 is 11.8 Å². The molecular formula is C94H124N22O25S. The zero-order valence-electron chi connectivity index (χ0n) is 79.4. The standard InChI is InChI=1S/C94H124N22O25S/c1-8-11-23-71-87(134)104-62(31-33-78(123)124)83(130)111-70(82(129)100-44-76(121)102-61(18-10-3)80(96)127)47-142-48-77(122)103-66(35-51-26-28-55(118)29-27-51)90(137)112(5)50(4)81(128)108-68(40-79(125)126)93(140)115-34-17-25-72(115)88(135)107-65(38-54-43-97-49-101-54)85(132)105-63(30-32-75(95)120)92(139)116-45-56(119)39-74(116)89(136)106-64(36-52-41-98-59-21-15-13-19-57(52)59)84(131)110-69(46-117)86(133)109-67(37-53-42-99-60-22-16-14-20-58(53)60)91(138)114(7)73(24-12-9-2)94(141)113(71)6/h3,13-16,19-22,26-29,41-43,49-50,56,61-74,98-99,117-119H,8-9,11-12,17-18,23-25,30-40,44-48H2,1-2,4-7H3,(H2,95,120)(H2,96,127)(H,97,101)(H,100,129)(H,102,121)(H,103,122)(H,104,134)(H,105,132)(H,106,136)(H,107,135)(H,108,128)(H,109,133)(H,110,131)(H,111,130)(H,123,124)(H,125,126)/t50-,56+,61-,62-,63-,64-,65-,66-,67-,68-,69-,70-,71-,72-,73-,74-/m0/s1. The van der Waals surface area contributed by atoms with Crippen LogP contribution in [0.5, 0.6) is 5.75 Å². The van der Waals surface area contributed by atoms with Crippen molar-refractivity contribution >= 4 is 152 Å². The monoisotopic (exact) mass is 1990 g/mol. The lowest BCUT2D eigenvalue weighted by molar-refractivity contribution is -0.149. The lowest BCUT2D eigenvalue weighted by Gasteiger charge is -2.36. The van der Waals surface area contributed by atoms with Gasteiger partial charge in [-0.1, -0.05) is 88.1 Å². The van der Waals surface area contributed by atoms with Gasteiger partial charge in [0.25, 0.3) is 0 Å². The topological polar surface area (TPSA) is 703 Å². The molecule has 0 bridgehead atoms. The number of thioether (sulfide) groups is 1. The van der Waals surface area contributed by atoms with Crippen LogP contribution < -0.4 is 70.0 Å². The van der Waals surface area contributed by atoms with Gasteiger partial charge in [0.1, 0.15) is 96.4 Å². The Labute approximate surface area is 820 Å². The number of aromatic nitrogens is 4. The highest BCUT2D eigenvalue weighted by Crippen LogP contribution is 2.28. The molecule has 6 heterocycles. The minimum atomic E-state index is -1.98. The van der Waals surface area contributed by atoms with Crippen LogP contribution in [0.25, 0.3) is 21.8 Å². The Morgan fingerprint density at radius 2 is 1.10 bits per heavy atom. The van der Waals surface area contributed by atoms with E-state index in [0.717, 1.165) is 31.5 Å². The van der Waals surface area contributed by atoms with Gasteiger partial charge in [0, 0.05) is 132 Å². The number of aliphatic carboxylic acids is 2. The molecule has 3 saturated heterocycles. The van der Waals surface area contributed by atoms with E-state index in [-0.39, 0.29) is 82.2 Å². The van der Waals surface area contributed by atoms with E-state index >= 15 is 38.4 Å². The molecule has 18 amide bonds. The average molecular weight is 1990 g/mol. The molecule has 0 aliphatic carbocycles. The Kier molecular flexibility index (Phi) is 41.2. The summed E-state index contributed by atoms with van der Waals surface area (Å²) in [5.41, 5.74) is 13.6. The molecule has 23 N–H and O–H groups in total. The number of terminal acetylenes is 1. The van der Waals surface area contributed by atoms with Gasteiger partial charge in [-0.05, 0) is 86.4 Å². The summed E-state index contributed by atoms with van der Waals surface area (Å²) in [5.74, 6) is -21.5. The number of fused-ring (bicyclic) bond motifs is 4. The summed E-state index contributed by atoms with van der Waals surface area (Å²) in [4.78, 5) is 307. The number of rotatable bonds is 29. The van der Waals surface area contributed by atoms with Crippen molar-refractivity contribution in [2.45, 2.75) is 239 Å². The van der Waals surface area contributed by atoms with E-state index in [2.05, 4.69) is 84.3 Å². The summed E-state index contributed by atoms with van der Waals surface area (Å²) in [6.07, 6.45) is 4.49. The number of likely N-dealkylation sites (N-methyl/N-ethyl adjacent to an activating group) is 3. The number of nitrogens with one attached hydrogen (secondary N) is 14. The first-order valence-corrected chi connectivity index (χ1v) is 47.7. The number of hydrogen-bond acceptors (Lipinski definition) is 25. The van der Waals surface area contributed by atoms with Gasteiger partial charge >= 0.3 is 11.9 Å². The van der Waals surface area contributed by atoms with Crippen LogP contribution in [0.3, 0.4) is 0 Å². The highest BCUT2D eigenvalue weighted by atomic mass is 32.2. The first kappa shape index (κ1) is 111. The molecule has 16 atom stereocenters. The summed E-state index contributed by atoms with van der Waals surface area (Å²) in [5, 5.41) is 82.1. The van der Waals surface area contributed by atoms with Crippen LogP contribution in [-0.2, 0) is 122 Å². The molecule has 0 spiro atoms. The predicted octanol–water partition coefficient (Wildman–Crippen LogP) is -4.00. The van der Waals surface area contributed by atoms with Crippen LogP contribution in [0.2, 0.25) is 0 Å². The summed E-state index contributed by atoms with van der Waals surface area (Å²) in [6.45, 7) is 1.83. The smallest absolute Gasteiger partial charge is 0.305 e. The quantitative estimate of drug-likeness (QED) is 0.0199. The first-order chi connectivity index (χ1) is 67.6. The fourth-order valence-electron chi connectivity index (χ4n) is 16.9. The molecule has 142 heavy (non-hydrogen) atoms. The lowest BCUT2D eigenvalue weighted by Crippen LogP contribution is -2.62. The fourth-order valence-corrected chi connectivity index (χ4v) is 17.8. The maximum atomic E-state index is 15.8. The molecule has 0 radical (unpaired) electrons. The molecule has 47 nitrogen and oxygen atoms in total. The van der Waals surface area contributed by atoms with E-state index in [1.54, 1.807) is 74.8 Å². The molecule has 3 fully saturated rings. The van der Waals surface area contributed by atoms with Gasteiger partial charge in [-0.2, -0.15) is 0 Å². The van der Waals surface area contributed by atoms with Gasteiger partial charge in [0.05, 0.1) is 43.5 Å². The number of imidazole rings is 1. The predicted molar refractivity (Wildman–Crippen MR) is 510 cm³/mol. The molecule has 48 heteroatoms. The molecule has 0 unspecified atom stereocenters. The second-order valence-electron chi connectivity index (χ2n) is 35.2. The van der Waals surface area contributed by atoms with E-state index in [1.807, 2.05) is 0 Å². The van der Waals surface area contributed by atoms with Gasteiger partial charge in [-0.3, -0.25) is 95.9 Å². The summed E-state index contributed by atoms with van der Waals surface area (Å²) in [6, 6.07) is -6.43. The Balaban J connectivity index is 1.11. The molecule has 3 aromatic carbocycles. The number of amides is 18. The van der Waals surface area contributed by atoms with Crippen molar-refractivity contribution in [2.75, 3.05) is 58.9 Å². The number of aromatic amines is 3. The number of carbonyl (C=O) groups is 20. The number of carboxylic acids is 2. The number of aliphatic hydroxyl groups excluding tert-OH is 2. The van der Waals surface area contributed by atoms with Crippen LogP contribution in [0.15, 0.2) is 97.7 Å². The third-order valence-corrected chi connectivity index (χ3v) is 25.9. The zero-order chi connectivity index (χ0) is 104. The number of para-hydroxylation sites is 2. The molecule has 6 aromatic rings. The average Bonchev–Trinajstić information content (AvgIpc) is 1.63. The largest absolute Gasteiger partial charge is 0.508 e. The molecule has 3 aromatic heterocycles. The molecule has 3 aliphatic rings. The highest BCUT2D eigenvalue weighted by Gasteiger charge is 2.47. The SMILES string of the molecule is C#CC[C@H](NC(=O)CNC(=O)[C@@H]1CSCC(=O)N[C@@H](Cc2ccc(O)cc2)C(=O)N(C)[C@@H](C)C(=O)N[C@@H](CC(=O)O)C(=O)N2CCC[C@H]2C(=O)N[C@@H](Cc2c[nH]cn2)C(=O)N[C@@H](CCC(N)=O)C(=O)N2C[C@H](O)C[C@H]2C(=O)N[C@@H](Cc2c[nH]c3ccccc23)C(=O)N[C@@H](CO)C(=O)N[C@@H](Cc2c[nH]c3ccccc23)C(=O)N(C)[C@@H](CCCC)C(=O)N(C)[C@@H](CCCC)C(=O)N[C@@H](CCC(=O)O)C(=O)N1)C(N)=O. The number of H-pyrrole nitrogens is 3. The zero-order valence-corrected chi connectivity index (χ0v) is 80.2. The summed E-state index contributed by atoms with van der Waals surface area (Å²) < 4.78 is 0. The Hall–Kier alpha value is -15.0. The summed E-state index contributed by atoms with van der Waals surface area (Å²) in [7, 11) is 3.67. The molecule has 766 valence electrons. The maximum Gasteiger partial charge on any atom is 0.305 e. The number of primary amides is 2. The van der Waals surface area contributed by atoms with Crippen molar-refractivity contribution in [3.63, 3.8) is 0 Å². The van der Waals surface area contributed by atoms with E-state index in [4.69, 9.17) is 17.9 Å². The van der Waals surface area contributed by atoms with E-state index in [9.17, 15) is 83.1 Å². The van der Waals surface area contributed by atoms with Gasteiger partial charge in [-0.15, -0.1) is 24.1 Å². The molecule has 3 aliphatic heterocycles. The van der Waals surface area contributed by atoms with Gasteiger partial charge in [-0.25, -0.2) is 4.98 Å². The molecule has 0 saturated carbocycles. The molecule has 9 rings (SSSR count). The van der Waals surface area contributed by atoms with Crippen molar-refractivity contribution in [3.8, 4) is 18.1 Å². The summed E-state index contributed by atoms with van der Waals surface area (Å²) >= 11 is 0.638. The fraction of sp³-hybridized carbons (Fsp3) is 0.500. The van der Waals surface area contributed by atoms with Crippen molar-refractivity contribution in [1.82, 2.24) is 103 Å². The van der Waals surface area contributed by atoms with Crippen LogP contribution in [0.4, 0.5) is 0 Å². The highest BCUT2D eigenvalue weighted by molar-refractivity contribution is 8.00. The number of unbranched alkanes of at least 4 members (excludes halogenated alkanes) is 2. The van der Waals surface area contributed by atoms with E-state index in [1.165, 1.54) is 57.8 Å². The van der Waals surface area contributed by atoms with E-state index in [0.29, 0.717) is 63.1 Å². The first-order valence-electron chi connectivity index (χ1n) is 46.5. The van der Waals surface area contributed by atoms with Crippen molar-refractivity contribution in [2.24, 2.45) is 11.5 Å². The third-order valence-electron chi connectivity index (χ3n) is 24.9. The van der Waals surface area contributed by atoms with Gasteiger partial charge in [0.2, 0.25) is 106 Å². The van der Waals surface area contributed by atoms with Crippen LogP contribution in [0, 0.1) is 12.3 Å². The lowest BCUT2D eigenvalue weighted by atomic mass is 10.00. The van der Waals surface area contributed by atoms with Crippen molar-refractivity contribution in [3.05, 3.63) is 120 Å². The minimum Gasteiger partial charge on any atom is -0.508 e.